The van der Waals surface area contributed by atoms with E-state index in [4.69, 9.17) is 8.92 Å². The van der Waals surface area contributed by atoms with Crippen molar-refractivity contribution < 1.29 is 9.13 Å². The van der Waals surface area contributed by atoms with E-state index >= 15 is 9.13 Å². The normalized spacial score (nSPS) is 12.1. The first-order valence-electron chi connectivity index (χ1n) is 10.4. The van der Waals surface area contributed by atoms with E-state index in [-0.39, 0.29) is 0 Å². The summed E-state index contributed by atoms with van der Waals surface area (Å²) in [6.07, 6.45) is 0. The van der Waals surface area contributed by atoms with Gasteiger partial charge in [-0.2, -0.15) is 0 Å². The summed E-state index contributed by atoms with van der Waals surface area (Å²) < 4.78 is 31.1. The molecule has 0 bridgehead atoms. The summed E-state index contributed by atoms with van der Waals surface area (Å²) in [6, 6.07) is 38.1. The zero-order chi connectivity index (χ0) is 22.4. The number of rotatable bonds is 8. The number of hydrogen-bond acceptors (Lipinski definition) is 2. The van der Waals surface area contributed by atoms with Gasteiger partial charge in [0.2, 0.25) is 0 Å². The second kappa shape index (κ2) is 10.6. The third-order valence-corrected chi connectivity index (χ3v) is 18.5. The van der Waals surface area contributed by atoms with E-state index in [1.807, 2.05) is 121 Å². The van der Waals surface area contributed by atoms with Crippen LogP contribution in [-0.2, 0) is 9.13 Å². The molecule has 4 rings (SSSR count). The van der Waals surface area contributed by atoms with Gasteiger partial charge in [0.05, 0.1) is 0 Å². The fraction of sp³-hybridized carbons (Fsp3) is 0.0769. The minimum atomic E-state index is -3.31. The summed E-state index contributed by atoms with van der Waals surface area (Å²) in [5, 5.41) is 2.33. The van der Waals surface area contributed by atoms with Crippen LogP contribution in [-0.4, -0.2) is 25.4 Å². The van der Waals surface area contributed by atoms with Crippen molar-refractivity contribution in [1.82, 2.24) is 0 Å². The molecule has 0 spiro atoms. The summed E-state index contributed by atoms with van der Waals surface area (Å²) in [4.78, 5) is 0. The molecule has 0 amide bonds. The third-order valence-electron chi connectivity index (χ3n) is 5.66. The topological polar surface area (TPSA) is 34.1 Å². The number of hydrogen-bond donors (Lipinski definition) is 0. The second-order valence-electron chi connectivity index (χ2n) is 7.48. The first kappa shape index (κ1) is 23.6. The Balaban J connectivity index is 2.06. The van der Waals surface area contributed by atoms with Gasteiger partial charge in [-0.25, -0.2) is 0 Å². The van der Waals surface area contributed by atoms with E-state index in [0.717, 1.165) is 21.2 Å². The molecule has 0 saturated heterocycles. The van der Waals surface area contributed by atoms with Crippen LogP contribution in [0.5, 0.6) is 0 Å². The van der Waals surface area contributed by atoms with Crippen molar-refractivity contribution >= 4 is 64.4 Å². The maximum absolute atomic E-state index is 15.3. The molecule has 4 aromatic carbocycles. The van der Waals surface area contributed by atoms with Crippen LogP contribution in [0.25, 0.3) is 0 Å². The van der Waals surface area contributed by atoms with Crippen molar-refractivity contribution in [2.75, 3.05) is 0 Å². The zero-order valence-corrected chi connectivity index (χ0v) is 22.8. The van der Waals surface area contributed by atoms with Crippen LogP contribution in [0.2, 0.25) is 4.44 Å². The van der Waals surface area contributed by atoms with Crippen LogP contribution >= 0.6 is 23.2 Å². The summed E-state index contributed by atoms with van der Waals surface area (Å²) >= 11 is -1.39. The quantitative estimate of drug-likeness (QED) is 0.200. The molecule has 0 aliphatic rings. The molecule has 0 saturated carbocycles. The van der Waals surface area contributed by atoms with Gasteiger partial charge in [0.1, 0.15) is 0 Å². The molecule has 0 atom stereocenters. The Morgan fingerprint density at radius 3 is 1.00 bits per heavy atom. The van der Waals surface area contributed by atoms with E-state index in [0.29, 0.717) is 4.44 Å². The van der Waals surface area contributed by atoms with Gasteiger partial charge in [0, 0.05) is 0 Å². The molecule has 0 aliphatic carbocycles. The average molecular weight is 584 g/mol. The third kappa shape index (κ3) is 4.44. The Labute approximate surface area is 203 Å². The van der Waals surface area contributed by atoms with Gasteiger partial charge >= 0.3 is 205 Å². The van der Waals surface area contributed by atoms with Gasteiger partial charge < -0.3 is 0 Å². The van der Waals surface area contributed by atoms with Gasteiger partial charge in [0.25, 0.3) is 0 Å². The number of halogens is 1. The Kier molecular flexibility index (Phi) is 7.79. The summed E-state index contributed by atoms with van der Waals surface area (Å²) in [5.74, 6) is 0. The first-order valence-corrected chi connectivity index (χ1v) is 19.6. The number of benzene rings is 4. The van der Waals surface area contributed by atoms with Crippen molar-refractivity contribution in [1.29, 1.82) is 0 Å². The minimum absolute atomic E-state index is 0.535. The predicted molar refractivity (Wildman–Crippen MR) is 140 cm³/mol. The zero-order valence-electron chi connectivity index (χ0n) is 17.4. The summed E-state index contributed by atoms with van der Waals surface area (Å²) in [5.41, 5.74) is 0. The van der Waals surface area contributed by atoms with Crippen LogP contribution in [0.3, 0.4) is 0 Å². The van der Waals surface area contributed by atoms with Gasteiger partial charge in [-0.15, -0.1) is 0 Å². The summed E-state index contributed by atoms with van der Waals surface area (Å²) in [7, 11) is -0.130. The van der Waals surface area contributed by atoms with Gasteiger partial charge in [-0.05, 0) is 0 Å². The monoisotopic (exact) mass is 584 g/mol. The van der Waals surface area contributed by atoms with Crippen molar-refractivity contribution in [2.45, 2.75) is 9.84 Å². The van der Waals surface area contributed by atoms with E-state index in [1.54, 1.807) is 0 Å². The molecular formula is C26H23ClO2P2Sn. The molecule has 0 N–H and O–H groups in total. The average Bonchev–Trinajstić information content (AvgIpc) is 2.88. The molecule has 0 fully saturated rings. The van der Waals surface area contributed by atoms with E-state index < -0.39 is 39.7 Å². The SMILES string of the molecule is O=P(c1ccccc1)(c1ccccc1)C([CH2][Sn][Cl])P(=O)(c1ccccc1)c1ccccc1. The molecule has 2 radical (unpaired) electrons. The van der Waals surface area contributed by atoms with Crippen molar-refractivity contribution in [2.24, 2.45) is 0 Å². The van der Waals surface area contributed by atoms with Gasteiger partial charge in [-0.3, -0.25) is 0 Å². The molecule has 0 aromatic heterocycles. The van der Waals surface area contributed by atoms with E-state index in [1.165, 1.54) is 0 Å². The Morgan fingerprint density at radius 2 is 0.781 bits per heavy atom. The van der Waals surface area contributed by atoms with Crippen LogP contribution < -0.4 is 21.2 Å². The molecule has 2 nitrogen and oxygen atoms in total. The van der Waals surface area contributed by atoms with E-state index in [9.17, 15) is 0 Å². The van der Waals surface area contributed by atoms with E-state index in [2.05, 4.69) is 0 Å². The van der Waals surface area contributed by atoms with Crippen LogP contribution in [0.15, 0.2) is 121 Å². The Hall–Kier alpha value is -1.57. The first-order chi connectivity index (χ1) is 15.6. The Bertz CT molecular complexity index is 1050. The van der Waals surface area contributed by atoms with Crippen molar-refractivity contribution in [3.63, 3.8) is 0 Å². The van der Waals surface area contributed by atoms with Gasteiger partial charge in [0.15, 0.2) is 0 Å². The maximum atomic E-state index is 15.3. The molecule has 6 heteroatoms. The fourth-order valence-corrected chi connectivity index (χ4v) is 21.0. The second-order valence-corrected chi connectivity index (χ2v) is 17.5. The molecule has 0 unspecified atom stereocenters. The molecular weight excluding hydrogens is 560 g/mol. The standard InChI is InChI=1S/C26H23O2P2.ClH.Sn/c1-22(29(27,23-14-6-2-7-15-23)24-16-8-3-9-17-24)30(28,25-18-10-4-11-19-25)26-20-12-5-13-21-26;;/h2-22H,1H2;1H;/q;;+1/p-1. The van der Waals surface area contributed by atoms with Crippen molar-refractivity contribution in [3.8, 4) is 0 Å². The predicted octanol–water partition coefficient (Wildman–Crippen LogP) is 5.62. The van der Waals surface area contributed by atoms with Crippen LogP contribution in [0.1, 0.15) is 0 Å². The molecule has 0 aliphatic heterocycles. The van der Waals surface area contributed by atoms with Crippen LogP contribution in [0, 0.1) is 0 Å². The molecule has 4 aromatic rings. The summed E-state index contributed by atoms with van der Waals surface area (Å²) in [6.45, 7) is 0. The molecule has 160 valence electrons. The molecule has 0 heterocycles. The molecule has 32 heavy (non-hydrogen) atoms. The van der Waals surface area contributed by atoms with Gasteiger partial charge in [-0.1, -0.05) is 0 Å². The Morgan fingerprint density at radius 1 is 0.531 bits per heavy atom. The van der Waals surface area contributed by atoms with Crippen LogP contribution in [0.4, 0.5) is 0 Å². The van der Waals surface area contributed by atoms with Crippen molar-refractivity contribution in [3.05, 3.63) is 121 Å². The fourth-order valence-electron chi connectivity index (χ4n) is 4.14.